The molecule has 1 aliphatic heterocycles. The van der Waals surface area contributed by atoms with Crippen molar-refractivity contribution in [2.75, 3.05) is 11.9 Å². The highest BCUT2D eigenvalue weighted by Gasteiger charge is 2.25. The number of nitrogens with one attached hydrogen (secondary N) is 2. The van der Waals surface area contributed by atoms with Crippen molar-refractivity contribution in [1.29, 1.82) is 0 Å². The zero-order valence-electron chi connectivity index (χ0n) is 9.91. The lowest BCUT2D eigenvalue weighted by molar-refractivity contribution is -0.119. The molecule has 3 rings (SSSR count). The molecule has 19 heavy (non-hydrogen) atoms. The Morgan fingerprint density at radius 3 is 3.05 bits per heavy atom. The van der Waals surface area contributed by atoms with Crippen LogP contribution in [0.4, 0.5) is 5.82 Å². The number of benzene rings is 1. The van der Waals surface area contributed by atoms with Gasteiger partial charge < -0.3 is 10.6 Å². The number of amides is 1. The van der Waals surface area contributed by atoms with Gasteiger partial charge in [-0.3, -0.25) is 4.79 Å². The molecule has 0 bridgehead atoms. The lowest BCUT2D eigenvalue weighted by Gasteiger charge is -2.14. The van der Waals surface area contributed by atoms with Crippen LogP contribution < -0.4 is 10.6 Å². The molecule has 98 valence electrons. The summed E-state index contributed by atoms with van der Waals surface area (Å²) < 4.78 is 0.926. The molecule has 1 saturated heterocycles. The van der Waals surface area contributed by atoms with Gasteiger partial charge in [0.05, 0.1) is 0 Å². The number of halogens is 2. The first-order valence-corrected chi connectivity index (χ1v) is 7.11. The standard InChI is InChI=1S/C13H11BrClN3O/c14-8-3-1-2-7-6-10(15)18-12(11(7)8)17-9-4-5-16-13(9)19/h1-3,6,9H,4-5H2,(H,16,19)(H,17,18). The van der Waals surface area contributed by atoms with Crippen LogP contribution in [0.5, 0.6) is 0 Å². The first-order chi connectivity index (χ1) is 9.15. The Morgan fingerprint density at radius 1 is 1.47 bits per heavy atom. The fraction of sp³-hybridized carbons (Fsp3) is 0.231. The smallest absolute Gasteiger partial charge is 0.242 e. The van der Waals surface area contributed by atoms with Gasteiger partial charge in [-0.15, -0.1) is 0 Å². The predicted octanol–water partition coefficient (Wildman–Crippen LogP) is 2.95. The minimum atomic E-state index is -0.249. The Kier molecular flexibility index (Phi) is 3.33. The molecule has 1 atom stereocenters. The first-order valence-electron chi connectivity index (χ1n) is 5.94. The summed E-state index contributed by atoms with van der Waals surface area (Å²) in [5.74, 6) is 0.638. The highest BCUT2D eigenvalue weighted by molar-refractivity contribution is 9.10. The average molecular weight is 341 g/mol. The summed E-state index contributed by atoms with van der Waals surface area (Å²) in [6.07, 6.45) is 0.749. The summed E-state index contributed by atoms with van der Waals surface area (Å²) in [5.41, 5.74) is 0. The molecule has 0 radical (unpaired) electrons. The van der Waals surface area contributed by atoms with Crippen molar-refractivity contribution >= 4 is 50.0 Å². The van der Waals surface area contributed by atoms with Crippen molar-refractivity contribution in [2.24, 2.45) is 0 Å². The third kappa shape index (κ3) is 2.40. The summed E-state index contributed by atoms with van der Waals surface area (Å²) in [5, 5.41) is 8.30. The zero-order chi connectivity index (χ0) is 13.4. The van der Waals surface area contributed by atoms with Gasteiger partial charge in [0.2, 0.25) is 5.91 Å². The van der Waals surface area contributed by atoms with Gasteiger partial charge >= 0.3 is 0 Å². The quantitative estimate of drug-likeness (QED) is 0.827. The number of carbonyl (C=O) groups excluding carboxylic acids is 1. The van der Waals surface area contributed by atoms with Gasteiger partial charge in [0, 0.05) is 16.4 Å². The second-order valence-corrected chi connectivity index (χ2v) is 5.65. The molecule has 4 nitrogen and oxygen atoms in total. The SMILES string of the molecule is O=C1NCCC1Nc1nc(Cl)cc2cccc(Br)c12. The summed E-state index contributed by atoms with van der Waals surface area (Å²) >= 11 is 9.54. The largest absolute Gasteiger partial charge is 0.358 e. The van der Waals surface area contributed by atoms with E-state index in [1.54, 1.807) is 0 Å². The molecule has 2 heterocycles. The van der Waals surface area contributed by atoms with Gasteiger partial charge in [0.1, 0.15) is 17.0 Å². The van der Waals surface area contributed by atoms with Crippen molar-refractivity contribution in [2.45, 2.75) is 12.5 Å². The third-order valence-electron chi connectivity index (χ3n) is 3.14. The molecule has 2 N–H and O–H groups in total. The van der Waals surface area contributed by atoms with Crippen LogP contribution in [0.25, 0.3) is 10.8 Å². The number of fused-ring (bicyclic) bond motifs is 1. The van der Waals surface area contributed by atoms with E-state index in [1.807, 2.05) is 24.3 Å². The Balaban J connectivity index is 2.09. The minimum absolute atomic E-state index is 0.00183. The number of anilines is 1. The summed E-state index contributed by atoms with van der Waals surface area (Å²) in [6, 6.07) is 7.41. The average Bonchev–Trinajstić information content (AvgIpc) is 2.74. The third-order valence-corrected chi connectivity index (χ3v) is 3.99. The summed E-state index contributed by atoms with van der Waals surface area (Å²) in [4.78, 5) is 15.9. The van der Waals surface area contributed by atoms with Gasteiger partial charge in [-0.2, -0.15) is 0 Å². The van der Waals surface area contributed by atoms with Gasteiger partial charge in [-0.05, 0) is 23.9 Å². The van der Waals surface area contributed by atoms with Crippen LogP contribution in [0.15, 0.2) is 28.7 Å². The molecule has 6 heteroatoms. The number of carbonyl (C=O) groups is 1. The molecule has 1 aliphatic rings. The van der Waals surface area contributed by atoms with E-state index in [1.165, 1.54) is 0 Å². The van der Waals surface area contributed by atoms with Gasteiger partial charge in [0.25, 0.3) is 0 Å². The van der Waals surface area contributed by atoms with Crippen LogP contribution in [-0.2, 0) is 4.79 Å². The summed E-state index contributed by atoms with van der Waals surface area (Å²) in [7, 11) is 0. The van der Waals surface area contributed by atoms with E-state index in [-0.39, 0.29) is 11.9 Å². The Morgan fingerprint density at radius 2 is 2.32 bits per heavy atom. The van der Waals surface area contributed by atoms with Crippen LogP contribution in [0.1, 0.15) is 6.42 Å². The predicted molar refractivity (Wildman–Crippen MR) is 79.5 cm³/mol. The van der Waals surface area contributed by atoms with E-state index in [2.05, 4.69) is 31.5 Å². The first kappa shape index (κ1) is 12.7. The Hall–Kier alpha value is -1.33. The molecule has 1 aromatic carbocycles. The second kappa shape index (κ2) is 4.98. The van der Waals surface area contributed by atoms with Crippen molar-refractivity contribution in [3.8, 4) is 0 Å². The highest BCUT2D eigenvalue weighted by atomic mass is 79.9. The molecule has 2 aromatic rings. The minimum Gasteiger partial charge on any atom is -0.358 e. The fourth-order valence-corrected chi connectivity index (χ4v) is 3.01. The summed E-state index contributed by atoms with van der Waals surface area (Å²) in [6.45, 7) is 0.691. The van der Waals surface area contributed by atoms with Crippen molar-refractivity contribution in [3.05, 3.63) is 33.9 Å². The maximum absolute atomic E-state index is 11.6. The van der Waals surface area contributed by atoms with Crippen LogP contribution in [0.3, 0.4) is 0 Å². The molecule has 1 amide bonds. The molecule has 0 aliphatic carbocycles. The van der Waals surface area contributed by atoms with Crippen LogP contribution in [0.2, 0.25) is 5.15 Å². The van der Waals surface area contributed by atoms with Gasteiger partial charge in [-0.1, -0.05) is 39.7 Å². The van der Waals surface area contributed by atoms with Gasteiger partial charge in [0.15, 0.2) is 0 Å². The van der Waals surface area contributed by atoms with Gasteiger partial charge in [-0.25, -0.2) is 4.98 Å². The van der Waals surface area contributed by atoms with Crippen LogP contribution >= 0.6 is 27.5 Å². The van der Waals surface area contributed by atoms with E-state index in [0.717, 1.165) is 21.7 Å². The molecule has 0 spiro atoms. The van der Waals surface area contributed by atoms with Crippen LogP contribution in [-0.4, -0.2) is 23.5 Å². The van der Waals surface area contributed by atoms with E-state index in [9.17, 15) is 4.79 Å². The molecule has 1 aromatic heterocycles. The normalized spacial score (nSPS) is 18.6. The molecular weight excluding hydrogens is 330 g/mol. The van der Waals surface area contributed by atoms with Crippen molar-refractivity contribution < 1.29 is 4.79 Å². The second-order valence-electron chi connectivity index (χ2n) is 4.41. The van der Waals surface area contributed by atoms with Crippen molar-refractivity contribution in [1.82, 2.24) is 10.3 Å². The molecule has 1 unspecified atom stereocenters. The number of hydrogen-bond donors (Lipinski definition) is 2. The van der Waals surface area contributed by atoms with E-state index in [0.29, 0.717) is 17.5 Å². The molecule has 1 fully saturated rings. The molecular formula is C13H11BrClN3O. The maximum atomic E-state index is 11.6. The number of hydrogen-bond acceptors (Lipinski definition) is 3. The highest BCUT2D eigenvalue weighted by Crippen LogP contribution is 2.32. The number of aromatic nitrogens is 1. The Bertz CT molecular complexity index is 662. The lowest BCUT2D eigenvalue weighted by atomic mass is 10.1. The lowest BCUT2D eigenvalue weighted by Crippen LogP contribution is -2.29. The topological polar surface area (TPSA) is 54.0 Å². The van der Waals surface area contributed by atoms with E-state index >= 15 is 0 Å². The van der Waals surface area contributed by atoms with E-state index < -0.39 is 0 Å². The number of pyridine rings is 1. The maximum Gasteiger partial charge on any atom is 0.242 e. The number of rotatable bonds is 2. The monoisotopic (exact) mass is 339 g/mol. The Labute approximate surface area is 123 Å². The fourth-order valence-electron chi connectivity index (χ4n) is 2.24. The van der Waals surface area contributed by atoms with Crippen LogP contribution in [0, 0.1) is 0 Å². The zero-order valence-corrected chi connectivity index (χ0v) is 12.3. The van der Waals surface area contributed by atoms with Crippen molar-refractivity contribution in [3.63, 3.8) is 0 Å². The number of nitrogens with zero attached hydrogens (tertiary/aromatic N) is 1. The molecule has 0 saturated carbocycles. The van der Waals surface area contributed by atoms with E-state index in [4.69, 9.17) is 11.6 Å².